The molecule has 2 aromatic rings. The van der Waals surface area contributed by atoms with Crippen molar-refractivity contribution < 1.29 is 8.60 Å². The van der Waals surface area contributed by atoms with Crippen LogP contribution >= 0.6 is 0 Å². The van der Waals surface area contributed by atoms with E-state index < -0.39 is 10.8 Å². The van der Waals surface area contributed by atoms with Gasteiger partial charge in [-0.3, -0.25) is 4.21 Å². The van der Waals surface area contributed by atoms with Crippen LogP contribution in [0.2, 0.25) is 0 Å². The van der Waals surface area contributed by atoms with Gasteiger partial charge in [0.05, 0.1) is 10.8 Å². The van der Waals surface area contributed by atoms with Crippen molar-refractivity contribution in [1.29, 1.82) is 0 Å². The molecule has 18 heavy (non-hydrogen) atoms. The molecule has 0 saturated carbocycles. The number of halogens is 1. The lowest BCUT2D eigenvalue weighted by molar-refractivity contribution is 0.625. The fraction of sp³-hybridized carbons (Fsp3) is 0.200. The van der Waals surface area contributed by atoms with Gasteiger partial charge in [0.1, 0.15) is 5.82 Å². The second-order valence-electron chi connectivity index (χ2n) is 4.57. The maximum Gasteiger partial charge on any atom is 0.123 e. The van der Waals surface area contributed by atoms with E-state index in [0.29, 0.717) is 16.6 Å². The molecule has 92 valence electrons. The first-order chi connectivity index (χ1) is 8.74. The summed E-state index contributed by atoms with van der Waals surface area (Å²) in [6, 6.07) is 14.2. The van der Waals surface area contributed by atoms with Crippen LogP contribution in [0.4, 0.5) is 4.39 Å². The molecule has 0 saturated heterocycles. The molecule has 0 amide bonds. The lowest BCUT2D eigenvalue weighted by atomic mass is 9.79. The first-order valence-electron chi connectivity index (χ1n) is 5.96. The molecular formula is C15H13FOS. The molecule has 0 fully saturated rings. The third-order valence-electron chi connectivity index (χ3n) is 3.39. The molecule has 1 nitrogen and oxygen atoms in total. The summed E-state index contributed by atoms with van der Waals surface area (Å²) in [5, 5.41) is 0. The third-order valence-corrected chi connectivity index (χ3v) is 4.89. The summed E-state index contributed by atoms with van der Waals surface area (Å²) in [5.41, 5.74) is 2.67. The molecule has 0 bridgehead atoms. The molecule has 1 aliphatic rings. The minimum absolute atomic E-state index is 0.287. The molecule has 0 aromatic heterocycles. The van der Waals surface area contributed by atoms with E-state index in [1.807, 2.05) is 12.1 Å². The smallest absolute Gasteiger partial charge is 0.123 e. The molecule has 0 spiro atoms. The molecule has 3 heteroatoms. The molecule has 0 aliphatic heterocycles. The zero-order valence-corrected chi connectivity index (χ0v) is 10.6. The van der Waals surface area contributed by atoms with Crippen LogP contribution in [0.15, 0.2) is 53.4 Å². The predicted octanol–water partition coefficient (Wildman–Crippen LogP) is 3.27. The van der Waals surface area contributed by atoms with Crippen LogP contribution < -0.4 is 0 Å². The first kappa shape index (κ1) is 11.6. The Kier molecular flexibility index (Phi) is 3.00. The number of hydrogen-bond donors (Lipinski definition) is 0. The van der Waals surface area contributed by atoms with Gasteiger partial charge in [-0.05, 0) is 41.8 Å². The Morgan fingerprint density at radius 2 is 1.83 bits per heavy atom. The highest BCUT2D eigenvalue weighted by molar-refractivity contribution is 7.85. The Morgan fingerprint density at radius 3 is 2.56 bits per heavy atom. The minimum atomic E-state index is -1.04. The fourth-order valence-electron chi connectivity index (χ4n) is 2.38. The number of rotatable bonds is 3. The van der Waals surface area contributed by atoms with E-state index in [9.17, 15) is 8.60 Å². The van der Waals surface area contributed by atoms with E-state index in [1.54, 1.807) is 12.1 Å². The van der Waals surface area contributed by atoms with Crippen molar-refractivity contribution in [2.24, 2.45) is 0 Å². The zero-order chi connectivity index (χ0) is 12.5. The first-order valence-corrected chi connectivity index (χ1v) is 7.27. The van der Waals surface area contributed by atoms with Gasteiger partial charge in [-0.2, -0.15) is 0 Å². The second kappa shape index (κ2) is 4.65. The molecule has 2 unspecified atom stereocenters. The quantitative estimate of drug-likeness (QED) is 0.827. The normalized spacial score (nSPS) is 18.8. The van der Waals surface area contributed by atoms with Gasteiger partial charge in [0.25, 0.3) is 0 Å². The Bertz CT molecular complexity index is 592. The van der Waals surface area contributed by atoms with Gasteiger partial charge in [-0.25, -0.2) is 4.39 Å². The molecule has 0 radical (unpaired) electrons. The van der Waals surface area contributed by atoms with Gasteiger partial charge < -0.3 is 0 Å². The zero-order valence-electron chi connectivity index (χ0n) is 9.80. The highest BCUT2D eigenvalue weighted by Crippen LogP contribution is 2.35. The van der Waals surface area contributed by atoms with Crippen LogP contribution in [0, 0.1) is 5.82 Å². The van der Waals surface area contributed by atoms with E-state index in [1.165, 1.54) is 23.3 Å². The molecule has 2 atom stereocenters. The van der Waals surface area contributed by atoms with Gasteiger partial charge in [-0.15, -0.1) is 0 Å². The van der Waals surface area contributed by atoms with E-state index >= 15 is 0 Å². The molecule has 1 aliphatic carbocycles. The van der Waals surface area contributed by atoms with Gasteiger partial charge in [0.15, 0.2) is 0 Å². The fourth-order valence-corrected chi connectivity index (χ4v) is 3.67. The summed E-state index contributed by atoms with van der Waals surface area (Å²) in [7, 11) is -1.04. The van der Waals surface area contributed by atoms with Crippen molar-refractivity contribution in [2.45, 2.75) is 17.2 Å². The maximum atomic E-state index is 12.8. The van der Waals surface area contributed by atoms with Crippen molar-refractivity contribution in [3.05, 3.63) is 65.5 Å². The average Bonchev–Trinajstić information content (AvgIpc) is 2.36. The van der Waals surface area contributed by atoms with Crippen LogP contribution in [0.25, 0.3) is 0 Å². The Labute approximate surface area is 108 Å². The number of fused-ring (bicyclic) bond motifs is 1. The summed E-state index contributed by atoms with van der Waals surface area (Å²) in [6.07, 6.45) is 1.00. The van der Waals surface area contributed by atoms with Crippen molar-refractivity contribution in [3.63, 3.8) is 0 Å². The minimum Gasteiger partial charge on any atom is -0.254 e. The summed E-state index contributed by atoms with van der Waals surface area (Å²) >= 11 is 0. The van der Waals surface area contributed by atoms with Crippen LogP contribution in [0.1, 0.15) is 17.0 Å². The standard InChI is InChI=1S/C15H13FOS/c16-13-5-7-14(8-6-13)18(17)10-12-9-11-3-1-2-4-15(11)12/h1-8,12H,9-10H2. The maximum absolute atomic E-state index is 12.8. The average molecular weight is 260 g/mol. The largest absolute Gasteiger partial charge is 0.254 e. The Hall–Kier alpha value is -1.48. The molecule has 0 heterocycles. The number of hydrogen-bond acceptors (Lipinski definition) is 1. The highest BCUT2D eigenvalue weighted by atomic mass is 32.2. The second-order valence-corrected chi connectivity index (χ2v) is 6.06. The summed E-state index contributed by atoms with van der Waals surface area (Å²) in [6.45, 7) is 0. The van der Waals surface area contributed by atoms with Crippen LogP contribution in [0.3, 0.4) is 0 Å². The van der Waals surface area contributed by atoms with Gasteiger partial charge in [0, 0.05) is 16.6 Å². The lowest BCUT2D eigenvalue weighted by Gasteiger charge is -2.29. The Morgan fingerprint density at radius 1 is 1.11 bits per heavy atom. The Balaban J connectivity index is 1.72. The molecule has 0 N–H and O–H groups in total. The van der Waals surface area contributed by atoms with Crippen LogP contribution in [-0.4, -0.2) is 9.96 Å². The lowest BCUT2D eigenvalue weighted by Crippen LogP contribution is -2.22. The monoisotopic (exact) mass is 260 g/mol. The summed E-state index contributed by atoms with van der Waals surface area (Å²) < 4.78 is 24.9. The van der Waals surface area contributed by atoms with Crippen molar-refractivity contribution >= 4 is 10.8 Å². The SMILES string of the molecule is O=S(CC1Cc2ccccc21)c1ccc(F)cc1. The van der Waals surface area contributed by atoms with E-state index in [2.05, 4.69) is 12.1 Å². The van der Waals surface area contributed by atoms with Crippen molar-refractivity contribution in [1.82, 2.24) is 0 Å². The van der Waals surface area contributed by atoms with Crippen molar-refractivity contribution in [3.8, 4) is 0 Å². The predicted molar refractivity (Wildman–Crippen MR) is 70.6 cm³/mol. The number of benzene rings is 2. The van der Waals surface area contributed by atoms with Crippen LogP contribution in [0.5, 0.6) is 0 Å². The summed E-state index contributed by atoms with van der Waals surface area (Å²) in [5.74, 6) is 0.722. The van der Waals surface area contributed by atoms with E-state index in [0.717, 1.165) is 6.42 Å². The van der Waals surface area contributed by atoms with E-state index in [4.69, 9.17) is 0 Å². The van der Waals surface area contributed by atoms with Crippen molar-refractivity contribution in [2.75, 3.05) is 5.75 Å². The molecule has 2 aromatic carbocycles. The highest BCUT2D eigenvalue weighted by Gasteiger charge is 2.27. The molecular weight excluding hydrogens is 247 g/mol. The van der Waals surface area contributed by atoms with E-state index in [-0.39, 0.29) is 5.82 Å². The van der Waals surface area contributed by atoms with Crippen LogP contribution in [-0.2, 0) is 17.2 Å². The van der Waals surface area contributed by atoms with Gasteiger partial charge in [0.2, 0.25) is 0 Å². The van der Waals surface area contributed by atoms with Gasteiger partial charge in [-0.1, -0.05) is 24.3 Å². The van der Waals surface area contributed by atoms with Gasteiger partial charge >= 0.3 is 0 Å². The summed E-state index contributed by atoms with van der Waals surface area (Å²) in [4.78, 5) is 0.709. The third kappa shape index (κ3) is 2.10. The molecule has 3 rings (SSSR count). The topological polar surface area (TPSA) is 17.1 Å².